The largest absolute Gasteiger partial charge is 0.387 e. The van der Waals surface area contributed by atoms with Crippen molar-refractivity contribution in [2.24, 2.45) is 0 Å². The Morgan fingerprint density at radius 3 is 3.07 bits per heavy atom. The number of aryl methyl sites for hydroxylation is 1. The third-order valence-electron chi connectivity index (χ3n) is 2.37. The summed E-state index contributed by atoms with van der Waals surface area (Å²) in [6.45, 7) is 2.19. The number of fused-ring (bicyclic) bond motifs is 1. The summed E-state index contributed by atoms with van der Waals surface area (Å²) in [5.41, 5.74) is 3.52. The number of nitrogens with zero attached hydrogens (tertiary/aromatic N) is 2. The lowest BCUT2D eigenvalue weighted by atomic mass is 10.1. The maximum absolute atomic E-state index is 4.35. The molecule has 2 aromatic rings. The smallest absolute Gasteiger partial charge is 0.140 e. The van der Waals surface area contributed by atoms with Crippen molar-refractivity contribution in [2.45, 2.75) is 19.8 Å². The van der Waals surface area contributed by atoms with Gasteiger partial charge in [-0.2, -0.15) is 0 Å². The summed E-state index contributed by atoms with van der Waals surface area (Å²) < 4.78 is 2.07. The van der Waals surface area contributed by atoms with Crippen molar-refractivity contribution >= 4 is 11.3 Å². The molecule has 0 aromatic carbocycles. The highest BCUT2D eigenvalue weighted by Crippen LogP contribution is 2.16. The number of rotatable bonds is 3. The van der Waals surface area contributed by atoms with Crippen LogP contribution in [-0.4, -0.2) is 16.4 Å². The van der Waals surface area contributed by atoms with Crippen LogP contribution in [0.15, 0.2) is 24.7 Å². The number of imidazole rings is 1. The van der Waals surface area contributed by atoms with Gasteiger partial charge in [0.1, 0.15) is 5.65 Å². The first-order valence-corrected chi connectivity index (χ1v) is 4.98. The van der Waals surface area contributed by atoms with Crippen molar-refractivity contribution in [3.05, 3.63) is 30.2 Å². The molecule has 3 nitrogen and oxygen atoms in total. The summed E-state index contributed by atoms with van der Waals surface area (Å²) in [6, 6.07) is 2.17. The van der Waals surface area contributed by atoms with Crippen molar-refractivity contribution in [1.82, 2.24) is 9.38 Å². The molecule has 0 saturated heterocycles. The fourth-order valence-corrected chi connectivity index (χ4v) is 1.70. The highest BCUT2D eigenvalue weighted by atomic mass is 15.0. The molecule has 14 heavy (non-hydrogen) atoms. The third kappa shape index (κ3) is 1.45. The minimum Gasteiger partial charge on any atom is -0.387 e. The maximum Gasteiger partial charge on any atom is 0.140 e. The second kappa shape index (κ2) is 3.70. The lowest BCUT2D eigenvalue weighted by Crippen LogP contribution is -1.96. The molecule has 0 spiro atoms. The van der Waals surface area contributed by atoms with Gasteiger partial charge in [0, 0.05) is 25.6 Å². The zero-order valence-electron chi connectivity index (χ0n) is 8.62. The van der Waals surface area contributed by atoms with Crippen LogP contribution in [0.25, 0.3) is 5.65 Å². The van der Waals surface area contributed by atoms with Crippen LogP contribution in [0, 0.1) is 0 Å². The van der Waals surface area contributed by atoms with Crippen LogP contribution in [-0.2, 0) is 6.42 Å². The highest BCUT2D eigenvalue weighted by molar-refractivity contribution is 5.56. The molecule has 0 aliphatic rings. The van der Waals surface area contributed by atoms with Gasteiger partial charge >= 0.3 is 0 Å². The molecule has 0 bridgehead atoms. The van der Waals surface area contributed by atoms with E-state index < -0.39 is 0 Å². The average molecular weight is 189 g/mol. The summed E-state index contributed by atoms with van der Waals surface area (Å²) in [5.74, 6) is 0. The SMILES string of the molecule is CCCc1cc(NC)cn2ccnc12. The molecular formula is C11H15N3. The number of nitrogens with one attached hydrogen (secondary N) is 1. The van der Waals surface area contributed by atoms with Crippen LogP contribution in [0.3, 0.4) is 0 Å². The molecular weight excluding hydrogens is 174 g/mol. The monoisotopic (exact) mass is 189 g/mol. The maximum atomic E-state index is 4.35. The van der Waals surface area contributed by atoms with E-state index >= 15 is 0 Å². The van der Waals surface area contributed by atoms with Gasteiger partial charge in [0.25, 0.3) is 0 Å². The Balaban J connectivity index is 2.58. The van der Waals surface area contributed by atoms with E-state index in [1.54, 1.807) is 0 Å². The standard InChI is InChI=1S/C11H15N3/c1-3-4-9-7-10(12-2)8-14-6-5-13-11(9)14/h5-8,12H,3-4H2,1-2H3. The minimum absolute atomic E-state index is 1.07. The van der Waals surface area contributed by atoms with Gasteiger partial charge in [0.2, 0.25) is 0 Å². The Hall–Kier alpha value is -1.51. The number of hydrogen-bond acceptors (Lipinski definition) is 2. The molecule has 2 rings (SSSR count). The van der Waals surface area contributed by atoms with Gasteiger partial charge in [-0.15, -0.1) is 0 Å². The molecule has 2 heterocycles. The number of pyridine rings is 1. The summed E-state index contributed by atoms with van der Waals surface area (Å²) in [4.78, 5) is 4.35. The average Bonchev–Trinajstić information content (AvgIpc) is 2.66. The second-order valence-electron chi connectivity index (χ2n) is 3.41. The van der Waals surface area contributed by atoms with Crippen molar-refractivity contribution in [1.29, 1.82) is 0 Å². The summed E-state index contributed by atoms with van der Waals surface area (Å²) in [7, 11) is 1.94. The lowest BCUT2D eigenvalue weighted by molar-refractivity contribution is 0.917. The van der Waals surface area contributed by atoms with Crippen molar-refractivity contribution in [2.75, 3.05) is 12.4 Å². The first-order chi connectivity index (χ1) is 6.85. The summed E-state index contributed by atoms with van der Waals surface area (Å²) >= 11 is 0. The van der Waals surface area contributed by atoms with Gasteiger partial charge in [-0.05, 0) is 18.1 Å². The molecule has 0 atom stereocenters. The van der Waals surface area contributed by atoms with Gasteiger partial charge in [-0.1, -0.05) is 13.3 Å². The molecule has 0 unspecified atom stereocenters. The fraction of sp³-hybridized carbons (Fsp3) is 0.364. The Labute approximate surface area is 83.8 Å². The number of anilines is 1. The predicted octanol–water partition coefficient (Wildman–Crippen LogP) is 2.33. The molecule has 0 radical (unpaired) electrons. The lowest BCUT2D eigenvalue weighted by Gasteiger charge is -2.06. The Morgan fingerprint density at radius 2 is 2.36 bits per heavy atom. The topological polar surface area (TPSA) is 29.3 Å². The van der Waals surface area contributed by atoms with Crippen LogP contribution in [0.4, 0.5) is 5.69 Å². The minimum atomic E-state index is 1.07. The highest BCUT2D eigenvalue weighted by Gasteiger charge is 2.03. The van der Waals surface area contributed by atoms with Crippen LogP contribution >= 0.6 is 0 Å². The number of aromatic nitrogens is 2. The van der Waals surface area contributed by atoms with Crippen LogP contribution in [0.1, 0.15) is 18.9 Å². The Kier molecular flexibility index (Phi) is 2.39. The first kappa shape index (κ1) is 9.06. The van der Waals surface area contributed by atoms with Crippen molar-refractivity contribution < 1.29 is 0 Å². The third-order valence-corrected chi connectivity index (χ3v) is 2.37. The van der Waals surface area contributed by atoms with Gasteiger partial charge in [0.05, 0.1) is 5.69 Å². The van der Waals surface area contributed by atoms with E-state index in [4.69, 9.17) is 0 Å². The quantitative estimate of drug-likeness (QED) is 0.803. The fourth-order valence-electron chi connectivity index (χ4n) is 1.70. The molecule has 0 fully saturated rings. The zero-order valence-corrected chi connectivity index (χ0v) is 8.62. The summed E-state index contributed by atoms with van der Waals surface area (Å²) in [5, 5.41) is 3.16. The molecule has 1 N–H and O–H groups in total. The molecule has 3 heteroatoms. The molecule has 0 saturated carbocycles. The van der Waals surface area contributed by atoms with Crippen molar-refractivity contribution in [3.63, 3.8) is 0 Å². The zero-order chi connectivity index (χ0) is 9.97. The van der Waals surface area contributed by atoms with Gasteiger partial charge < -0.3 is 9.72 Å². The molecule has 2 aromatic heterocycles. The molecule has 0 amide bonds. The van der Waals surface area contributed by atoms with Gasteiger partial charge in [-0.3, -0.25) is 0 Å². The first-order valence-electron chi connectivity index (χ1n) is 4.98. The molecule has 0 aliphatic heterocycles. The van der Waals surface area contributed by atoms with Crippen LogP contribution < -0.4 is 5.32 Å². The van der Waals surface area contributed by atoms with E-state index in [0.717, 1.165) is 24.2 Å². The normalized spacial score (nSPS) is 10.7. The van der Waals surface area contributed by atoms with E-state index in [-0.39, 0.29) is 0 Å². The molecule has 74 valence electrons. The Morgan fingerprint density at radius 1 is 1.50 bits per heavy atom. The second-order valence-corrected chi connectivity index (χ2v) is 3.41. The van der Waals surface area contributed by atoms with Crippen LogP contribution in [0.2, 0.25) is 0 Å². The van der Waals surface area contributed by atoms with Crippen LogP contribution in [0.5, 0.6) is 0 Å². The van der Waals surface area contributed by atoms with E-state index in [1.807, 2.05) is 19.4 Å². The van der Waals surface area contributed by atoms with Gasteiger partial charge in [-0.25, -0.2) is 4.98 Å². The summed E-state index contributed by atoms with van der Waals surface area (Å²) in [6.07, 6.45) is 8.11. The Bertz CT molecular complexity index is 431. The van der Waals surface area contributed by atoms with Gasteiger partial charge in [0.15, 0.2) is 0 Å². The van der Waals surface area contributed by atoms with Crippen molar-refractivity contribution in [3.8, 4) is 0 Å². The number of hydrogen-bond donors (Lipinski definition) is 1. The molecule has 0 aliphatic carbocycles. The van der Waals surface area contributed by atoms with E-state index in [9.17, 15) is 0 Å². The van der Waals surface area contributed by atoms with E-state index in [1.165, 1.54) is 5.56 Å². The predicted molar refractivity (Wildman–Crippen MR) is 58.7 cm³/mol. The van der Waals surface area contributed by atoms with E-state index in [2.05, 4.69) is 33.9 Å². The van der Waals surface area contributed by atoms with E-state index in [0.29, 0.717) is 0 Å².